The number of methoxy groups -OCH3 is 1. The number of benzene rings is 4. The van der Waals surface area contributed by atoms with Crippen LogP contribution in [0.25, 0.3) is 22.2 Å². The molecule has 2 heterocycles. The van der Waals surface area contributed by atoms with E-state index in [1.165, 1.54) is 5.56 Å². The van der Waals surface area contributed by atoms with E-state index in [-0.39, 0.29) is 6.04 Å². The highest BCUT2D eigenvalue weighted by atomic mass is 35.5. The van der Waals surface area contributed by atoms with Gasteiger partial charge in [-0.15, -0.1) is 0 Å². The molecule has 4 aromatic carbocycles. The predicted molar refractivity (Wildman–Crippen MR) is 151 cm³/mol. The van der Waals surface area contributed by atoms with Crippen LogP contribution >= 0.6 is 11.6 Å². The minimum Gasteiger partial charge on any atom is -0.497 e. The summed E-state index contributed by atoms with van der Waals surface area (Å²) in [6.45, 7) is 2.09. The van der Waals surface area contributed by atoms with Gasteiger partial charge in [0.2, 0.25) is 5.95 Å². The Kier molecular flexibility index (Phi) is 6.07. The van der Waals surface area contributed by atoms with Gasteiger partial charge in [-0.3, -0.25) is 0 Å². The van der Waals surface area contributed by atoms with Crippen LogP contribution in [0, 0.1) is 6.92 Å². The number of hydrazone groups is 1. The second kappa shape index (κ2) is 9.68. The molecule has 0 bridgehead atoms. The molecule has 1 aliphatic heterocycles. The van der Waals surface area contributed by atoms with E-state index in [0.717, 1.165) is 51.2 Å². The Hall–Kier alpha value is -4.22. The number of ether oxygens (including phenoxy) is 1. The first-order chi connectivity index (χ1) is 18.1. The van der Waals surface area contributed by atoms with Crippen LogP contribution in [0.5, 0.6) is 5.75 Å². The molecular weight excluding hydrogens is 480 g/mol. The Bertz CT molecular complexity index is 1600. The van der Waals surface area contributed by atoms with Gasteiger partial charge in [0.05, 0.1) is 30.1 Å². The maximum absolute atomic E-state index is 6.37. The van der Waals surface area contributed by atoms with E-state index in [9.17, 15) is 0 Å². The molecule has 0 saturated heterocycles. The Morgan fingerprint density at radius 1 is 0.838 bits per heavy atom. The van der Waals surface area contributed by atoms with Crippen LogP contribution in [0.2, 0.25) is 5.02 Å². The normalized spacial score (nSPS) is 15.2. The SMILES string of the molecule is COc1ccc(C2CC(c3ccc(C)cc3)=NN2c2nc(-c3ccccc3)c3cc(Cl)ccc3n2)cc1. The molecule has 0 fully saturated rings. The lowest BCUT2D eigenvalue weighted by Crippen LogP contribution is -2.21. The first kappa shape index (κ1) is 23.2. The summed E-state index contributed by atoms with van der Waals surface area (Å²) in [4.78, 5) is 10.0. The number of hydrogen-bond donors (Lipinski definition) is 0. The maximum atomic E-state index is 6.37. The topological polar surface area (TPSA) is 50.6 Å². The van der Waals surface area contributed by atoms with Crippen molar-refractivity contribution in [3.05, 3.63) is 119 Å². The Balaban J connectivity index is 1.52. The van der Waals surface area contributed by atoms with E-state index in [1.807, 2.05) is 53.5 Å². The van der Waals surface area contributed by atoms with Crippen LogP contribution in [0.1, 0.15) is 29.2 Å². The minimum absolute atomic E-state index is 0.0596. The fourth-order valence-electron chi connectivity index (χ4n) is 4.71. The molecule has 0 N–H and O–H groups in total. The predicted octanol–water partition coefficient (Wildman–Crippen LogP) is 7.62. The lowest BCUT2D eigenvalue weighted by atomic mass is 9.98. The number of aromatic nitrogens is 2. The Morgan fingerprint density at radius 2 is 1.59 bits per heavy atom. The van der Waals surface area contributed by atoms with Crippen molar-refractivity contribution in [1.82, 2.24) is 9.97 Å². The van der Waals surface area contributed by atoms with Crippen LogP contribution in [-0.2, 0) is 0 Å². The summed E-state index contributed by atoms with van der Waals surface area (Å²) in [6, 6.07) is 32.4. The van der Waals surface area contributed by atoms with Gasteiger partial charge in [-0.2, -0.15) is 5.10 Å². The highest BCUT2D eigenvalue weighted by molar-refractivity contribution is 6.31. The third-order valence-corrected chi connectivity index (χ3v) is 6.93. The van der Waals surface area contributed by atoms with Gasteiger partial charge in [0.1, 0.15) is 5.75 Å². The third kappa shape index (κ3) is 4.54. The molecule has 0 saturated carbocycles. The Labute approximate surface area is 221 Å². The largest absolute Gasteiger partial charge is 0.497 e. The summed E-state index contributed by atoms with van der Waals surface area (Å²) in [7, 11) is 1.68. The average Bonchev–Trinajstić information content (AvgIpc) is 3.39. The highest BCUT2D eigenvalue weighted by Gasteiger charge is 2.32. The highest BCUT2D eigenvalue weighted by Crippen LogP contribution is 2.38. The van der Waals surface area contributed by atoms with Gasteiger partial charge >= 0.3 is 0 Å². The molecule has 37 heavy (non-hydrogen) atoms. The number of aryl methyl sites for hydroxylation is 1. The number of fused-ring (bicyclic) bond motifs is 1. The number of nitrogens with zero attached hydrogens (tertiary/aromatic N) is 4. The van der Waals surface area contributed by atoms with Gasteiger partial charge in [-0.25, -0.2) is 15.0 Å². The molecule has 1 aliphatic rings. The van der Waals surface area contributed by atoms with Gasteiger partial charge in [0.25, 0.3) is 0 Å². The number of rotatable bonds is 5. The quantitative estimate of drug-likeness (QED) is 0.247. The fraction of sp³-hybridized carbons (Fsp3) is 0.129. The first-order valence-electron chi connectivity index (χ1n) is 12.2. The van der Waals surface area contributed by atoms with E-state index in [4.69, 9.17) is 31.4 Å². The zero-order valence-electron chi connectivity index (χ0n) is 20.6. The minimum atomic E-state index is -0.0596. The van der Waals surface area contributed by atoms with Crippen molar-refractivity contribution in [2.75, 3.05) is 12.1 Å². The molecule has 1 atom stereocenters. The molecule has 1 aromatic heterocycles. The fourth-order valence-corrected chi connectivity index (χ4v) is 4.88. The van der Waals surface area contributed by atoms with Crippen molar-refractivity contribution in [1.29, 1.82) is 0 Å². The Morgan fingerprint density at radius 3 is 2.32 bits per heavy atom. The molecule has 6 rings (SSSR count). The molecule has 5 aromatic rings. The number of halogens is 1. The number of anilines is 1. The summed E-state index contributed by atoms with van der Waals surface area (Å²) in [6.07, 6.45) is 0.734. The maximum Gasteiger partial charge on any atom is 0.247 e. The van der Waals surface area contributed by atoms with E-state index in [2.05, 4.69) is 55.5 Å². The number of hydrogen-bond acceptors (Lipinski definition) is 5. The van der Waals surface area contributed by atoms with Crippen molar-refractivity contribution < 1.29 is 4.74 Å². The van der Waals surface area contributed by atoms with Crippen LogP contribution < -0.4 is 9.75 Å². The van der Waals surface area contributed by atoms with E-state index in [0.29, 0.717) is 11.0 Å². The third-order valence-electron chi connectivity index (χ3n) is 6.69. The molecule has 0 radical (unpaired) electrons. The average molecular weight is 505 g/mol. The van der Waals surface area contributed by atoms with Crippen molar-refractivity contribution in [3.63, 3.8) is 0 Å². The van der Waals surface area contributed by atoms with E-state index < -0.39 is 0 Å². The van der Waals surface area contributed by atoms with Crippen LogP contribution in [0.4, 0.5) is 5.95 Å². The van der Waals surface area contributed by atoms with Gasteiger partial charge in [-0.05, 0) is 48.4 Å². The van der Waals surface area contributed by atoms with Crippen LogP contribution in [0.15, 0.2) is 102 Å². The molecular formula is C31H25ClN4O. The van der Waals surface area contributed by atoms with Crippen LogP contribution in [0.3, 0.4) is 0 Å². The molecule has 5 nitrogen and oxygen atoms in total. The van der Waals surface area contributed by atoms with Crippen molar-refractivity contribution in [2.45, 2.75) is 19.4 Å². The second-order valence-corrected chi connectivity index (χ2v) is 9.59. The molecule has 6 heteroatoms. The summed E-state index contributed by atoms with van der Waals surface area (Å²) in [5.74, 6) is 1.37. The lowest BCUT2D eigenvalue weighted by molar-refractivity contribution is 0.414. The van der Waals surface area contributed by atoms with Gasteiger partial charge < -0.3 is 4.74 Å². The van der Waals surface area contributed by atoms with E-state index >= 15 is 0 Å². The smallest absolute Gasteiger partial charge is 0.247 e. The molecule has 0 amide bonds. The molecule has 0 spiro atoms. The zero-order valence-corrected chi connectivity index (χ0v) is 21.4. The summed E-state index contributed by atoms with van der Waals surface area (Å²) < 4.78 is 5.39. The van der Waals surface area contributed by atoms with Gasteiger partial charge in [0, 0.05) is 22.4 Å². The lowest BCUT2D eigenvalue weighted by Gasteiger charge is -2.23. The molecule has 1 unspecified atom stereocenters. The summed E-state index contributed by atoms with van der Waals surface area (Å²) in [5, 5.41) is 8.60. The standard InChI is InChI=1S/C31H25ClN4O/c1-20-8-10-21(11-9-20)28-19-29(22-12-15-25(37-2)16-13-22)36(35-28)31-33-27-17-14-24(32)18-26(27)30(34-31)23-6-4-3-5-7-23/h3-18,29H,19H2,1-2H3. The van der Waals surface area contributed by atoms with Gasteiger partial charge in [-0.1, -0.05) is 83.9 Å². The zero-order chi connectivity index (χ0) is 25.4. The van der Waals surface area contributed by atoms with Gasteiger partial charge in [0.15, 0.2) is 0 Å². The first-order valence-corrected chi connectivity index (χ1v) is 12.6. The van der Waals surface area contributed by atoms with Crippen molar-refractivity contribution in [3.8, 4) is 17.0 Å². The summed E-state index contributed by atoms with van der Waals surface area (Å²) in [5.41, 5.74) is 7.09. The van der Waals surface area contributed by atoms with E-state index in [1.54, 1.807) is 7.11 Å². The van der Waals surface area contributed by atoms with Crippen molar-refractivity contribution >= 4 is 34.2 Å². The molecule has 182 valence electrons. The van der Waals surface area contributed by atoms with Crippen molar-refractivity contribution in [2.24, 2.45) is 5.10 Å². The summed E-state index contributed by atoms with van der Waals surface area (Å²) >= 11 is 6.37. The monoisotopic (exact) mass is 504 g/mol. The molecule has 0 aliphatic carbocycles. The van der Waals surface area contributed by atoms with Crippen LogP contribution in [-0.4, -0.2) is 22.8 Å². The second-order valence-electron chi connectivity index (χ2n) is 9.15.